The smallest absolute Gasteiger partial charge is 0.336 e. The molecule has 208 valence electrons. The quantitative estimate of drug-likeness (QED) is 0.434. The van der Waals surface area contributed by atoms with Crippen LogP contribution in [0.15, 0.2) is 58.9 Å². The van der Waals surface area contributed by atoms with Crippen LogP contribution in [-0.4, -0.2) is 46.8 Å². The Morgan fingerprint density at radius 2 is 1.56 bits per heavy atom. The fraction of sp³-hybridized carbons (Fsp3) is 0.419. The molecule has 0 bridgehead atoms. The predicted molar refractivity (Wildman–Crippen MR) is 147 cm³/mol. The van der Waals surface area contributed by atoms with E-state index in [4.69, 9.17) is 23.7 Å². The highest BCUT2D eigenvalue weighted by Crippen LogP contribution is 2.49. The topological polar surface area (TPSA) is 92.3 Å². The number of carbonyl (C=O) groups excluding carboxylic acids is 2. The number of benzene rings is 2. The number of esters is 1. The van der Waals surface area contributed by atoms with Crippen molar-refractivity contribution in [2.45, 2.75) is 45.4 Å². The highest BCUT2D eigenvalue weighted by Gasteiger charge is 2.42. The van der Waals surface area contributed by atoms with E-state index >= 15 is 0 Å². The van der Waals surface area contributed by atoms with Crippen LogP contribution < -0.4 is 24.3 Å². The van der Waals surface area contributed by atoms with Gasteiger partial charge in [-0.2, -0.15) is 0 Å². The number of methoxy groups -OCH3 is 4. The molecule has 0 fully saturated rings. The van der Waals surface area contributed by atoms with Crippen LogP contribution in [0.1, 0.15) is 56.6 Å². The molecule has 1 N–H and O–H groups in total. The molecule has 2 atom stereocenters. The molecule has 0 saturated heterocycles. The molecule has 4 rings (SSSR count). The Labute approximate surface area is 229 Å². The van der Waals surface area contributed by atoms with Gasteiger partial charge in [0.05, 0.1) is 40.6 Å². The summed E-state index contributed by atoms with van der Waals surface area (Å²) >= 11 is 0. The van der Waals surface area contributed by atoms with Crippen molar-refractivity contribution in [3.63, 3.8) is 0 Å². The molecule has 2 aliphatic rings. The molecule has 0 spiro atoms. The Hall–Kier alpha value is -3.94. The summed E-state index contributed by atoms with van der Waals surface area (Å²) in [6, 6.07) is 11.4. The normalized spacial score (nSPS) is 18.9. The third kappa shape index (κ3) is 5.60. The maximum atomic E-state index is 13.9. The summed E-state index contributed by atoms with van der Waals surface area (Å²) < 4.78 is 27.7. The van der Waals surface area contributed by atoms with Crippen LogP contribution >= 0.6 is 0 Å². The first-order valence-corrected chi connectivity index (χ1v) is 13.1. The molecule has 2 aromatic rings. The summed E-state index contributed by atoms with van der Waals surface area (Å²) in [6.45, 7) is 6.09. The molecule has 1 aliphatic heterocycles. The molecule has 8 heteroatoms. The van der Waals surface area contributed by atoms with Crippen molar-refractivity contribution in [2.24, 2.45) is 5.92 Å². The first-order chi connectivity index (χ1) is 18.7. The van der Waals surface area contributed by atoms with Crippen molar-refractivity contribution in [3.05, 3.63) is 70.1 Å². The maximum absolute atomic E-state index is 13.9. The van der Waals surface area contributed by atoms with E-state index < -0.39 is 11.9 Å². The number of allylic oxidation sites excluding steroid dienone is 3. The van der Waals surface area contributed by atoms with Crippen LogP contribution in [0.3, 0.4) is 0 Å². The summed E-state index contributed by atoms with van der Waals surface area (Å²) in [7, 11) is 6.24. The second-order valence-corrected chi connectivity index (χ2v) is 10.2. The van der Waals surface area contributed by atoms with Crippen LogP contribution in [-0.2, 0) is 14.3 Å². The zero-order chi connectivity index (χ0) is 28.3. The number of hydrogen-bond donors (Lipinski definition) is 1. The highest BCUT2D eigenvalue weighted by atomic mass is 16.5. The van der Waals surface area contributed by atoms with Crippen LogP contribution in [0.4, 0.5) is 0 Å². The fourth-order valence-corrected chi connectivity index (χ4v) is 5.34. The van der Waals surface area contributed by atoms with Gasteiger partial charge in [0.25, 0.3) is 0 Å². The maximum Gasteiger partial charge on any atom is 0.336 e. The van der Waals surface area contributed by atoms with E-state index in [9.17, 15) is 9.59 Å². The Balaban J connectivity index is 1.83. The predicted octanol–water partition coefficient (Wildman–Crippen LogP) is 5.28. The SMILES string of the molecule is COc1ccc([C@@H]2CC(=O)C3=C(C2)NC(C)=C(C(=O)OCC(C)C)[C@@H]3c2cc(OC)c(OC)c(OC)c2)cc1. The third-order valence-electron chi connectivity index (χ3n) is 7.20. The average Bonchev–Trinajstić information content (AvgIpc) is 2.94. The molecule has 2 aromatic carbocycles. The summed E-state index contributed by atoms with van der Waals surface area (Å²) in [5.74, 6) is 1.13. The van der Waals surface area contributed by atoms with E-state index in [1.807, 2.05) is 45.0 Å². The van der Waals surface area contributed by atoms with Gasteiger partial charge < -0.3 is 29.0 Å². The van der Waals surface area contributed by atoms with Crippen LogP contribution in [0.5, 0.6) is 23.0 Å². The van der Waals surface area contributed by atoms with Crippen LogP contribution in [0.25, 0.3) is 0 Å². The zero-order valence-corrected chi connectivity index (χ0v) is 23.7. The van der Waals surface area contributed by atoms with Gasteiger partial charge in [-0.1, -0.05) is 26.0 Å². The van der Waals surface area contributed by atoms with Crippen molar-refractivity contribution in [3.8, 4) is 23.0 Å². The lowest BCUT2D eigenvalue weighted by Gasteiger charge is -2.37. The largest absolute Gasteiger partial charge is 0.497 e. The monoisotopic (exact) mass is 535 g/mol. The summed E-state index contributed by atoms with van der Waals surface area (Å²) in [5.41, 5.74) is 4.18. The van der Waals surface area contributed by atoms with Gasteiger partial charge in [-0.3, -0.25) is 4.79 Å². The number of Topliss-reactive ketones (excluding diaryl/α,β-unsaturated/α-hetero) is 1. The minimum atomic E-state index is -0.654. The first kappa shape index (κ1) is 28.1. The van der Waals surface area contributed by atoms with Crippen LogP contribution in [0.2, 0.25) is 0 Å². The highest BCUT2D eigenvalue weighted by molar-refractivity contribution is 6.04. The minimum absolute atomic E-state index is 0.00233. The zero-order valence-electron chi connectivity index (χ0n) is 23.7. The molecule has 8 nitrogen and oxygen atoms in total. The third-order valence-corrected chi connectivity index (χ3v) is 7.20. The van der Waals surface area contributed by atoms with Gasteiger partial charge >= 0.3 is 5.97 Å². The van der Waals surface area contributed by atoms with Crippen molar-refractivity contribution >= 4 is 11.8 Å². The molecule has 1 aliphatic carbocycles. The first-order valence-electron chi connectivity index (χ1n) is 13.1. The van der Waals surface area contributed by atoms with E-state index in [1.165, 1.54) is 21.3 Å². The van der Waals surface area contributed by atoms with E-state index in [-0.39, 0.29) is 24.2 Å². The standard InChI is InChI=1S/C31H37NO7/c1-17(2)16-39-31(34)27-18(3)32-23-12-20(19-8-10-22(35-4)11-9-19)13-24(33)29(23)28(27)21-14-25(36-5)30(38-7)26(15-21)37-6/h8-11,14-15,17,20,28,32H,12-13,16H2,1-7H3/t20-,28-/m0/s1. The molecule has 0 unspecified atom stereocenters. The number of ketones is 1. The van der Waals surface area contributed by atoms with Crippen molar-refractivity contribution in [2.75, 3.05) is 35.0 Å². The second-order valence-electron chi connectivity index (χ2n) is 10.2. The molecule has 0 radical (unpaired) electrons. The van der Waals surface area contributed by atoms with Gasteiger partial charge in [0.15, 0.2) is 17.3 Å². The van der Waals surface area contributed by atoms with E-state index in [1.54, 1.807) is 19.2 Å². The Morgan fingerprint density at radius 1 is 0.923 bits per heavy atom. The second kappa shape index (κ2) is 11.8. The summed E-state index contributed by atoms with van der Waals surface area (Å²) in [4.78, 5) is 27.4. The fourth-order valence-electron chi connectivity index (χ4n) is 5.34. The lowest BCUT2D eigenvalue weighted by molar-refractivity contribution is -0.140. The number of dihydropyridines is 1. The molecule has 0 amide bonds. The number of hydrogen-bond acceptors (Lipinski definition) is 8. The molecule has 39 heavy (non-hydrogen) atoms. The van der Waals surface area contributed by atoms with Gasteiger partial charge in [0.2, 0.25) is 5.75 Å². The lowest BCUT2D eigenvalue weighted by atomic mass is 9.71. The van der Waals surface area contributed by atoms with Gasteiger partial charge in [0.1, 0.15) is 5.75 Å². The Kier molecular flexibility index (Phi) is 8.53. The molecular formula is C31H37NO7. The molecular weight excluding hydrogens is 498 g/mol. The van der Waals surface area contributed by atoms with Gasteiger partial charge in [-0.25, -0.2) is 4.79 Å². The van der Waals surface area contributed by atoms with E-state index in [2.05, 4.69) is 5.32 Å². The Morgan fingerprint density at radius 3 is 2.10 bits per heavy atom. The average molecular weight is 536 g/mol. The molecule has 0 saturated carbocycles. The minimum Gasteiger partial charge on any atom is -0.497 e. The number of nitrogens with one attached hydrogen (secondary N) is 1. The van der Waals surface area contributed by atoms with E-state index in [0.717, 1.165) is 17.0 Å². The van der Waals surface area contributed by atoms with Crippen molar-refractivity contribution in [1.82, 2.24) is 5.32 Å². The molecule has 1 heterocycles. The summed E-state index contributed by atoms with van der Waals surface area (Å²) in [6.07, 6.45) is 0.946. The van der Waals surface area contributed by atoms with Crippen LogP contribution in [0, 0.1) is 5.92 Å². The van der Waals surface area contributed by atoms with Crippen molar-refractivity contribution < 1.29 is 33.3 Å². The Bertz CT molecular complexity index is 1280. The van der Waals surface area contributed by atoms with E-state index in [0.29, 0.717) is 52.5 Å². The lowest BCUT2D eigenvalue weighted by Crippen LogP contribution is -2.36. The van der Waals surface area contributed by atoms with Crippen molar-refractivity contribution in [1.29, 1.82) is 0 Å². The number of carbonyl (C=O) groups is 2. The number of ether oxygens (including phenoxy) is 5. The number of rotatable bonds is 9. The summed E-state index contributed by atoms with van der Waals surface area (Å²) in [5, 5.41) is 3.39. The van der Waals surface area contributed by atoms with Gasteiger partial charge in [-0.05, 0) is 60.6 Å². The van der Waals surface area contributed by atoms with Gasteiger partial charge in [0, 0.05) is 29.3 Å². The van der Waals surface area contributed by atoms with Gasteiger partial charge in [-0.15, -0.1) is 0 Å². The molecule has 0 aromatic heterocycles.